The van der Waals surface area contributed by atoms with Crippen LogP contribution in [-0.2, 0) is 22.6 Å². The number of likely N-dealkylation sites (tertiary alicyclic amines) is 1. The van der Waals surface area contributed by atoms with Gasteiger partial charge in [0.2, 0.25) is 11.8 Å². The van der Waals surface area contributed by atoms with Crippen LogP contribution in [0, 0.1) is 11.7 Å². The molecule has 1 saturated heterocycles. The Morgan fingerprint density at radius 1 is 1.36 bits per heavy atom. The van der Waals surface area contributed by atoms with Gasteiger partial charge in [0.15, 0.2) is 0 Å². The first-order chi connectivity index (χ1) is 11.7. The topological polar surface area (TPSA) is 61.4 Å². The van der Waals surface area contributed by atoms with Gasteiger partial charge in [-0.2, -0.15) is 13.2 Å². The lowest BCUT2D eigenvalue weighted by Crippen LogP contribution is -2.36. The number of amides is 2. The SMILES string of the molecule is O=C(Nc1ccc2c(c1F)CCNC2)C1CC(=O)N(CC(F)(F)F)C1. The lowest BCUT2D eigenvalue weighted by atomic mass is 9.99. The molecule has 1 atom stereocenters. The van der Waals surface area contributed by atoms with Gasteiger partial charge in [-0.1, -0.05) is 6.07 Å². The van der Waals surface area contributed by atoms with Crippen molar-refractivity contribution in [2.45, 2.75) is 25.6 Å². The first kappa shape index (κ1) is 17.7. The van der Waals surface area contributed by atoms with Crippen molar-refractivity contribution in [3.8, 4) is 0 Å². The molecule has 5 nitrogen and oxygen atoms in total. The van der Waals surface area contributed by atoms with Crippen LogP contribution in [0.2, 0.25) is 0 Å². The first-order valence-electron chi connectivity index (χ1n) is 7.91. The monoisotopic (exact) mass is 359 g/mol. The van der Waals surface area contributed by atoms with Gasteiger partial charge in [0.1, 0.15) is 12.4 Å². The molecule has 2 aliphatic rings. The molecule has 0 aromatic heterocycles. The summed E-state index contributed by atoms with van der Waals surface area (Å²) >= 11 is 0. The third-order valence-corrected chi connectivity index (χ3v) is 4.42. The molecule has 2 heterocycles. The molecular weight excluding hydrogens is 342 g/mol. The summed E-state index contributed by atoms with van der Waals surface area (Å²) in [4.78, 5) is 24.5. The second kappa shape index (κ2) is 6.62. The highest BCUT2D eigenvalue weighted by Gasteiger charge is 2.40. The number of rotatable bonds is 3. The van der Waals surface area contributed by atoms with Crippen molar-refractivity contribution < 1.29 is 27.2 Å². The van der Waals surface area contributed by atoms with E-state index in [9.17, 15) is 27.2 Å². The Balaban J connectivity index is 1.68. The number of carbonyl (C=O) groups excluding carboxylic acids is 2. The van der Waals surface area contributed by atoms with Crippen molar-refractivity contribution in [2.24, 2.45) is 5.92 Å². The second-order valence-corrected chi connectivity index (χ2v) is 6.27. The average Bonchev–Trinajstić information content (AvgIpc) is 2.89. The van der Waals surface area contributed by atoms with Gasteiger partial charge >= 0.3 is 6.18 Å². The standard InChI is InChI=1S/C16H17F4N3O2/c17-14-11-3-4-21-6-9(11)1-2-12(14)22-15(25)10-5-13(24)23(7-10)8-16(18,19)20/h1-2,10,21H,3-8H2,(H,22,25). The summed E-state index contributed by atoms with van der Waals surface area (Å²) in [5.74, 6) is -2.82. The minimum absolute atomic E-state index is 0.00706. The summed E-state index contributed by atoms with van der Waals surface area (Å²) in [5, 5.41) is 5.52. The molecule has 0 radical (unpaired) electrons. The van der Waals surface area contributed by atoms with Crippen molar-refractivity contribution in [1.29, 1.82) is 0 Å². The maximum absolute atomic E-state index is 14.5. The normalized spacial score (nSPS) is 20.6. The minimum Gasteiger partial charge on any atom is -0.333 e. The zero-order chi connectivity index (χ0) is 18.2. The number of nitrogens with one attached hydrogen (secondary N) is 2. The number of fused-ring (bicyclic) bond motifs is 1. The fraction of sp³-hybridized carbons (Fsp3) is 0.500. The zero-order valence-corrected chi connectivity index (χ0v) is 13.3. The quantitative estimate of drug-likeness (QED) is 0.810. The molecule has 0 aliphatic carbocycles. The van der Waals surface area contributed by atoms with Crippen molar-refractivity contribution in [2.75, 3.05) is 25.0 Å². The molecule has 1 aromatic carbocycles. The maximum atomic E-state index is 14.5. The van der Waals surface area contributed by atoms with Gasteiger partial charge in [-0.25, -0.2) is 4.39 Å². The summed E-state index contributed by atoms with van der Waals surface area (Å²) in [7, 11) is 0. The average molecular weight is 359 g/mol. The third kappa shape index (κ3) is 3.92. The lowest BCUT2D eigenvalue weighted by Gasteiger charge is -2.20. The molecule has 1 aromatic rings. The smallest absolute Gasteiger partial charge is 0.333 e. The Kier molecular flexibility index (Phi) is 4.68. The van der Waals surface area contributed by atoms with Crippen molar-refractivity contribution in [3.05, 3.63) is 29.1 Å². The van der Waals surface area contributed by atoms with Gasteiger partial charge in [-0.05, 0) is 30.2 Å². The van der Waals surface area contributed by atoms with Crippen LogP contribution in [0.1, 0.15) is 17.5 Å². The summed E-state index contributed by atoms with van der Waals surface area (Å²) < 4.78 is 51.8. The van der Waals surface area contributed by atoms with E-state index in [0.717, 1.165) is 5.56 Å². The van der Waals surface area contributed by atoms with Crippen LogP contribution in [0.15, 0.2) is 12.1 Å². The Hall–Kier alpha value is -2.16. The van der Waals surface area contributed by atoms with E-state index in [1.165, 1.54) is 6.07 Å². The third-order valence-electron chi connectivity index (χ3n) is 4.42. The molecule has 1 unspecified atom stereocenters. The van der Waals surface area contributed by atoms with E-state index in [4.69, 9.17) is 0 Å². The fourth-order valence-corrected chi connectivity index (χ4v) is 3.18. The van der Waals surface area contributed by atoms with Crippen LogP contribution in [0.25, 0.3) is 0 Å². The summed E-state index contributed by atoms with van der Waals surface area (Å²) in [6.45, 7) is -0.522. The molecule has 9 heteroatoms. The number of halogens is 4. The predicted molar refractivity (Wildman–Crippen MR) is 81.2 cm³/mol. The first-order valence-corrected chi connectivity index (χ1v) is 7.91. The number of alkyl halides is 3. The van der Waals surface area contributed by atoms with E-state index in [0.29, 0.717) is 30.0 Å². The molecule has 0 saturated carbocycles. The maximum Gasteiger partial charge on any atom is 0.406 e. The molecule has 0 spiro atoms. The van der Waals surface area contributed by atoms with E-state index in [1.807, 2.05) is 0 Å². The summed E-state index contributed by atoms with van der Waals surface area (Å²) in [6.07, 6.45) is -4.33. The minimum atomic E-state index is -4.51. The Bertz CT molecular complexity index is 705. The Labute approximate surface area is 141 Å². The van der Waals surface area contributed by atoms with Crippen LogP contribution in [0.5, 0.6) is 0 Å². The van der Waals surface area contributed by atoms with E-state index in [2.05, 4.69) is 10.6 Å². The highest BCUT2D eigenvalue weighted by molar-refractivity contribution is 5.97. The van der Waals surface area contributed by atoms with Gasteiger partial charge < -0.3 is 15.5 Å². The van der Waals surface area contributed by atoms with E-state index in [-0.39, 0.29) is 18.7 Å². The van der Waals surface area contributed by atoms with Gasteiger partial charge in [-0.15, -0.1) is 0 Å². The largest absolute Gasteiger partial charge is 0.406 e. The van der Waals surface area contributed by atoms with Crippen LogP contribution in [0.4, 0.5) is 23.2 Å². The molecular formula is C16H17F4N3O2. The molecule has 0 bridgehead atoms. The van der Waals surface area contributed by atoms with Crippen molar-refractivity contribution in [3.63, 3.8) is 0 Å². The molecule has 2 aliphatic heterocycles. The van der Waals surface area contributed by atoms with Crippen molar-refractivity contribution >= 4 is 17.5 Å². The molecule has 136 valence electrons. The predicted octanol–water partition coefficient (Wildman–Crippen LogP) is 1.82. The highest BCUT2D eigenvalue weighted by Crippen LogP contribution is 2.27. The molecule has 1 fully saturated rings. The van der Waals surface area contributed by atoms with Crippen LogP contribution < -0.4 is 10.6 Å². The number of hydrogen-bond donors (Lipinski definition) is 2. The zero-order valence-electron chi connectivity index (χ0n) is 13.3. The van der Waals surface area contributed by atoms with Crippen LogP contribution in [-0.4, -0.2) is 42.5 Å². The number of benzene rings is 1. The Morgan fingerprint density at radius 3 is 2.84 bits per heavy atom. The van der Waals surface area contributed by atoms with E-state index >= 15 is 0 Å². The highest BCUT2D eigenvalue weighted by atomic mass is 19.4. The van der Waals surface area contributed by atoms with Crippen molar-refractivity contribution in [1.82, 2.24) is 10.2 Å². The van der Waals surface area contributed by atoms with Gasteiger partial charge in [0, 0.05) is 19.5 Å². The van der Waals surface area contributed by atoms with Crippen LogP contribution >= 0.6 is 0 Å². The summed E-state index contributed by atoms with van der Waals surface area (Å²) in [6, 6.07) is 3.14. The number of hydrogen-bond acceptors (Lipinski definition) is 3. The number of nitrogens with zero attached hydrogens (tertiary/aromatic N) is 1. The summed E-state index contributed by atoms with van der Waals surface area (Å²) in [5.41, 5.74) is 1.33. The van der Waals surface area contributed by atoms with E-state index in [1.54, 1.807) is 6.07 Å². The Morgan fingerprint density at radius 2 is 2.12 bits per heavy atom. The molecule has 2 amide bonds. The van der Waals surface area contributed by atoms with Gasteiger partial charge in [0.25, 0.3) is 0 Å². The van der Waals surface area contributed by atoms with Gasteiger partial charge in [0.05, 0.1) is 11.6 Å². The fourth-order valence-electron chi connectivity index (χ4n) is 3.18. The molecule has 3 rings (SSSR count). The molecule has 25 heavy (non-hydrogen) atoms. The van der Waals surface area contributed by atoms with E-state index < -0.39 is 36.3 Å². The lowest BCUT2D eigenvalue weighted by molar-refractivity contribution is -0.157. The molecule has 2 N–H and O–H groups in total. The van der Waals surface area contributed by atoms with Crippen LogP contribution in [0.3, 0.4) is 0 Å². The number of anilines is 1. The number of carbonyl (C=O) groups is 2. The van der Waals surface area contributed by atoms with Gasteiger partial charge in [-0.3, -0.25) is 9.59 Å². The second-order valence-electron chi connectivity index (χ2n) is 6.27.